The van der Waals surface area contributed by atoms with E-state index in [1.54, 1.807) is 19.5 Å². The molecule has 2 N–H and O–H groups in total. The van der Waals surface area contributed by atoms with Gasteiger partial charge < -0.3 is 15.4 Å². The van der Waals surface area contributed by atoms with E-state index in [1.807, 2.05) is 42.5 Å². The summed E-state index contributed by atoms with van der Waals surface area (Å²) in [7, 11) is 1.58. The summed E-state index contributed by atoms with van der Waals surface area (Å²) >= 11 is 0. The molecular weight excluding hydrogens is 304 g/mol. The molecule has 6 heteroatoms. The van der Waals surface area contributed by atoms with Crippen LogP contribution in [0.15, 0.2) is 54.9 Å². The maximum atomic E-state index is 12.0. The lowest BCUT2D eigenvalue weighted by Crippen LogP contribution is -2.34. The molecule has 0 unspecified atom stereocenters. The van der Waals surface area contributed by atoms with E-state index in [1.165, 1.54) is 0 Å². The van der Waals surface area contributed by atoms with Gasteiger partial charge in [0.25, 0.3) is 0 Å². The van der Waals surface area contributed by atoms with Gasteiger partial charge in [-0.15, -0.1) is 0 Å². The van der Waals surface area contributed by atoms with Crippen molar-refractivity contribution < 1.29 is 9.53 Å². The first-order valence-electron chi connectivity index (χ1n) is 7.59. The third-order valence-electron chi connectivity index (χ3n) is 3.60. The van der Waals surface area contributed by atoms with Crippen molar-refractivity contribution >= 4 is 16.9 Å². The van der Waals surface area contributed by atoms with E-state index in [4.69, 9.17) is 4.74 Å². The summed E-state index contributed by atoms with van der Waals surface area (Å²) in [6.45, 7) is 0.818. The van der Waals surface area contributed by atoms with Gasteiger partial charge in [-0.1, -0.05) is 24.3 Å². The number of amides is 2. The molecule has 2 aromatic heterocycles. The Morgan fingerprint density at radius 1 is 1.12 bits per heavy atom. The van der Waals surface area contributed by atoms with Gasteiger partial charge in [0.1, 0.15) is 0 Å². The zero-order chi connectivity index (χ0) is 16.8. The number of fused-ring (bicyclic) bond motifs is 1. The lowest BCUT2D eigenvalue weighted by atomic mass is 10.1. The molecule has 2 amide bonds. The largest absolute Gasteiger partial charge is 0.481 e. The number of para-hydroxylation sites is 1. The molecule has 0 saturated heterocycles. The van der Waals surface area contributed by atoms with Gasteiger partial charge in [0.05, 0.1) is 12.6 Å². The summed E-state index contributed by atoms with van der Waals surface area (Å²) in [5.74, 6) is 0.529. The Morgan fingerprint density at radius 2 is 1.96 bits per heavy atom. The second-order valence-electron chi connectivity index (χ2n) is 5.24. The maximum absolute atomic E-state index is 12.0. The normalized spacial score (nSPS) is 10.4. The van der Waals surface area contributed by atoms with E-state index in [2.05, 4.69) is 20.6 Å². The number of carbonyl (C=O) groups is 1. The van der Waals surface area contributed by atoms with Crippen molar-refractivity contribution in [1.29, 1.82) is 0 Å². The van der Waals surface area contributed by atoms with E-state index in [0.29, 0.717) is 19.0 Å². The van der Waals surface area contributed by atoms with E-state index < -0.39 is 0 Å². The van der Waals surface area contributed by atoms with Gasteiger partial charge in [-0.2, -0.15) is 0 Å². The topological polar surface area (TPSA) is 76.1 Å². The van der Waals surface area contributed by atoms with Crippen LogP contribution in [0.25, 0.3) is 10.9 Å². The molecule has 122 valence electrons. The first kappa shape index (κ1) is 15.7. The first-order chi connectivity index (χ1) is 11.8. The highest BCUT2D eigenvalue weighted by Crippen LogP contribution is 2.21. The molecular formula is C18H18N4O2. The minimum atomic E-state index is -0.237. The molecule has 0 atom stereocenters. The van der Waals surface area contributed by atoms with Gasteiger partial charge in [-0.25, -0.2) is 9.78 Å². The summed E-state index contributed by atoms with van der Waals surface area (Å²) in [4.78, 5) is 20.4. The summed E-state index contributed by atoms with van der Waals surface area (Å²) in [5, 5.41) is 6.66. The quantitative estimate of drug-likeness (QED) is 0.757. The van der Waals surface area contributed by atoms with Crippen LogP contribution in [-0.2, 0) is 13.1 Å². The lowest BCUT2D eigenvalue weighted by Gasteiger charge is -2.11. The number of aromatic nitrogens is 2. The van der Waals surface area contributed by atoms with E-state index in [9.17, 15) is 4.79 Å². The van der Waals surface area contributed by atoms with Crippen molar-refractivity contribution in [3.8, 4) is 5.88 Å². The van der Waals surface area contributed by atoms with Gasteiger partial charge in [0.2, 0.25) is 5.88 Å². The van der Waals surface area contributed by atoms with Gasteiger partial charge >= 0.3 is 6.03 Å². The highest BCUT2D eigenvalue weighted by molar-refractivity contribution is 5.83. The number of ether oxygens (including phenoxy) is 1. The molecule has 0 fully saturated rings. The van der Waals surface area contributed by atoms with Gasteiger partial charge in [0, 0.05) is 36.9 Å². The van der Waals surface area contributed by atoms with Gasteiger partial charge in [-0.3, -0.25) is 4.98 Å². The Balaban J connectivity index is 1.65. The SMILES string of the molecule is COc1cc(CNC(=O)NCc2cccnc2)c2ccccc2n1. The van der Waals surface area contributed by atoms with Crippen LogP contribution >= 0.6 is 0 Å². The van der Waals surface area contributed by atoms with Crippen molar-refractivity contribution in [3.63, 3.8) is 0 Å². The number of nitrogens with zero attached hydrogens (tertiary/aromatic N) is 2. The second-order valence-corrected chi connectivity index (χ2v) is 5.24. The van der Waals surface area contributed by atoms with E-state index in [-0.39, 0.29) is 6.03 Å². The summed E-state index contributed by atoms with van der Waals surface area (Å²) in [6.07, 6.45) is 3.42. The molecule has 0 aliphatic carbocycles. The van der Waals surface area contributed by atoms with Crippen LogP contribution in [0.2, 0.25) is 0 Å². The van der Waals surface area contributed by atoms with Crippen LogP contribution in [0.5, 0.6) is 5.88 Å². The van der Waals surface area contributed by atoms with Crippen molar-refractivity contribution in [3.05, 3.63) is 66.0 Å². The molecule has 0 spiro atoms. The highest BCUT2D eigenvalue weighted by Gasteiger charge is 2.07. The predicted octanol–water partition coefficient (Wildman–Crippen LogP) is 2.64. The zero-order valence-corrected chi connectivity index (χ0v) is 13.3. The number of hydrogen-bond acceptors (Lipinski definition) is 4. The molecule has 3 rings (SSSR count). The zero-order valence-electron chi connectivity index (χ0n) is 13.3. The molecule has 1 aromatic carbocycles. The number of methoxy groups -OCH3 is 1. The Kier molecular flexibility index (Phi) is 4.86. The highest BCUT2D eigenvalue weighted by atomic mass is 16.5. The number of benzene rings is 1. The van der Waals surface area contributed by atoms with Crippen LogP contribution in [0.3, 0.4) is 0 Å². The lowest BCUT2D eigenvalue weighted by molar-refractivity contribution is 0.240. The molecule has 0 radical (unpaired) electrons. The van der Waals surface area contributed by atoms with Crippen LogP contribution in [0.4, 0.5) is 4.79 Å². The number of rotatable bonds is 5. The summed E-state index contributed by atoms with van der Waals surface area (Å²) in [5.41, 5.74) is 2.74. The van der Waals surface area contributed by atoms with Crippen LogP contribution < -0.4 is 15.4 Å². The monoisotopic (exact) mass is 322 g/mol. The fourth-order valence-electron chi connectivity index (χ4n) is 2.39. The fraction of sp³-hybridized carbons (Fsp3) is 0.167. The van der Waals surface area contributed by atoms with Gasteiger partial charge in [-0.05, 0) is 23.3 Å². The van der Waals surface area contributed by atoms with E-state index in [0.717, 1.165) is 22.0 Å². The average Bonchev–Trinajstić information content (AvgIpc) is 2.65. The van der Waals surface area contributed by atoms with Crippen molar-refractivity contribution in [2.24, 2.45) is 0 Å². The third-order valence-corrected chi connectivity index (χ3v) is 3.60. The number of carbonyl (C=O) groups excluding carboxylic acids is 1. The van der Waals surface area contributed by atoms with Crippen molar-refractivity contribution in [1.82, 2.24) is 20.6 Å². The Hall–Kier alpha value is -3.15. The standard InChI is InChI=1S/C18H18N4O2/c1-24-17-9-14(15-6-2-3-7-16(15)22-17)12-21-18(23)20-11-13-5-4-8-19-10-13/h2-10H,11-12H2,1H3,(H2,20,21,23). The fourth-order valence-corrected chi connectivity index (χ4v) is 2.39. The van der Waals surface area contributed by atoms with Crippen LogP contribution in [0, 0.1) is 0 Å². The Bertz CT molecular complexity index is 837. The Labute approximate surface area is 139 Å². The second kappa shape index (κ2) is 7.41. The Morgan fingerprint density at radius 3 is 2.75 bits per heavy atom. The molecule has 0 bridgehead atoms. The summed E-state index contributed by atoms with van der Waals surface area (Å²) in [6, 6.07) is 13.1. The molecule has 0 saturated carbocycles. The molecule has 6 nitrogen and oxygen atoms in total. The average molecular weight is 322 g/mol. The number of pyridine rings is 2. The molecule has 0 aliphatic rings. The first-order valence-corrected chi connectivity index (χ1v) is 7.59. The smallest absolute Gasteiger partial charge is 0.315 e. The van der Waals surface area contributed by atoms with Crippen molar-refractivity contribution in [2.75, 3.05) is 7.11 Å². The molecule has 24 heavy (non-hydrogen) atoms. The van der Waals surface area contributed by atoms with Crippen LogP contribution in [0.1, 0.15) is 11.1 Å². The van der Waals surface area contributed by atoms with Crippen LogP contribution in [-0.4, -0.2) is 23.1 Å². The minimum Gasteiger partial charge on any atom is -0.481 e. The maximum Gasteiger partial charge on any atom is 0.315 e. The predicted molar refractivity (Wildman–Crippen MR) is 91.6 cm³/mol. The minimum absolute atomic E-state index is 0.237. The molecule has 3 aromatic rings. The number of nitrogens with one attached hydrogen (secondary N) is 2. The molecule has 2 heterocycles. The van der Waals surface area contributed by atoms with Crippen molar-refractivity contribution in [2.45, 2.75) is 13.1 Å². The van der Waals surface area contributed by atoms with Gasteiger partial charge in [0.15, 0.2) is 0 Å². The number of urea groups is 1. The third kappa shape index (κ3) is 3.78. The van der Waals surface area contributed by atoms with E-state index >= 15 is 0 Å². The molecule has 0 aliphatic heterocycles. The summed E-state index contributed by atoms with van der Waals surface area (Å²) < 4.78 is 5.23. The number of hydrogen-bond donors (Lipinski definition) is 2.